The maximum atomic E-state index is 5.94. The molecule has 2 aromatic heterocycles. The zero-order chi connectivity index (χ0) is 19.8. The Balaban J connectivity index is 1.52. The third-order valence-corrected chi connectivity index (χ3v) is 5.42. The van der Waals surface area contributed by atoms with Crippen LogP contribution in [0.2, 0.25) is 0 Å². The van der Waals surface area contributed by atoms with Gasteiger partial charge in [0.2, 0.25) is 5.16 Å². The number of tetrazole rings is 1. The molecule has 8 nitrogen and oxygen atoms in total. The number of hydrogen-bond donors (Lipinski definition) is 1. The van der Waals surface area contributed by atoms with Gasteiger partial charge in [0.25, 0.3) is 0 Å². The molecular weight excluding hydrogens is 444 g/mol. The molecule has 0 spiro atoms. The van der Waals surface area contributed by atoms with Crippen molar-refractivity contribution in [3.63, 3.8) is 0 Å². The van der Waals surface area contributed by atoms with Gasteiger partial charge >= 0.3 is 0 Å². The highest BCUT2D eigenvalue weighted by molar-refractivity contribution is 9.10. The van der Waals surface area contributed by atoms with Crippen LogP contribution in [0, 0.1) is 0 Å². The van der Waals surface area contributed by atoms with Crippen molar-refractivity contribution in [2.24, 2.45) is 7.05 Å². The van der Waals surface area contributed by atoms with Gasteiger partial charge in [0.05, 0.1) is 11.6 Å². The molecule has 10 heteroatoms. The van der Waals surface area contributed by atoms with E-state index in [9.17, 15) is 0 Å². The molecule has 3 aromatic rings. The third kappa shape index (κ3) is 5.66. The Hall–Kier alpha value is -2.17. The van der Waals surface area contributed by atoms with Crippen LogP contribution in [0.25, 0.3) is 0 Å². The summed E-state index contributed by atoms with van der Waals surface area (Å²) in [6, 6.07) is 7.88. The van der Waals surface area contributed by atoms with Crippen molar-refractivity contribution in [1.82, 2.24) is 30.5 Å². The van der Waals surface area contributed by atoms with E-state index in [1.54, 1.807) is 35.9 Å². The zero-order valence-corrected chi connectivity index (χ0v) is 18.0. The smallest absolute Gasteiger partial charge is 0.209 e. The van der Waals surface area contributed by atoms with Gasteiger partial charge in [0, 0.05) is 43.8 Å². The number of aryl methyl sites for hydroxylation is 1. The number of nitrogens with one attached hydrogen (secondary N) is 1. The molecule has 0 saturated carbocycles. The van der Waals surface area contributed by atoms with Crippen LogP contribution in [0.5, 0.6) is 11.5 Å². The third-order valence-electron chi connectivity index (χ3n) is 3.82. The number of rotatable bonds is 10. The highest BCUT2D eigenvalue weighted by Crippen LogP contribution is 2.37. The van der Waals surface area contributed by atoms with E-state index >= 15 is 0 Å². The number of halogens is 1. The van der Waals surface area contributed by atoms with Crippen LogP contribution < -0.4 is 14.8 Å². The second kappa shape index (κ2) is 10.4. The number of benzene rings is 1. The van der Waals surface area contributed by atoms with E-state index in [0.717, 1.165) is 39.6 Å². The van der Waals surface area contributed by atoms with Crippen molar-refractivity contribution in [2.75, 3.05) is 19.4 Å². The summed E-state index contributed by atoms with van der Waals surface area (Å²) < 4.78 is 14.0. The molecule has 0 bridgehead atoms. The van der Waals surface area contributed by atoms with Gasteiger partial charge < -0.3 is 14.8 Å². The minimum Gasteiger partial charge on any atom is -0.493 e. The molecule has 0 fully saturated rings. The predicted octanol–water partition coefficient (Wildman–Crippen LogP) is 2.84. The van der Waals surface area contributed by atoms with Crippen molar-refractivity contribution in [3.05, 3.63) is 52.3 Å². The second-order valence-corrected chi connectivity index (χ2v) is 7.79. The van der Waals surface area contributed by atoms with E-state index in [0.29, 0.717) is 18.1 Å². The maximum Gasteiger partial charge on any atom is 0.209 e. The Morgan fingerprint density at radius 2 is 2.18 bits per heavy atom. The summed E-state index contributed by atoms with van der Waals surface area (Å²) in [6.07, 6.45) is 3.53. The first-order valence-electron chi connectivity index (χ1n) is 8.61. The van der Waals surface area contributed by atoms with E-state index < -0.39 is 0 Å². The van der Waals surface area contributed by atoms with Crippen molar-refractivity contribution < 1.29 is 9.47 Å². The molecule has 3 rings (SSSR count). The highest BCUT2D eigenvalue weighted by atomic mass is 79.9. The summed E-state index contributed by atoms with van der Waals surface area (Å²) in [5.41, 5.74) is 2.10. The summed E-state index contributed by atoms with van der Waals surface area (Å²) in [6.45, 7) is 1.97. The first kappa shape index (κ1) is 20.6. The van der Waals surface area contributed by atoms with E-state index in [1.807, 2.05) is 31.3 Å². The number of nitrogens with zero attached hydrogens (tertiary/aromatic N) is 5. The molecule has 0 radical (unpaired) electrons. The van der Waals surface area contributed by atoms with Crippen LogP contribution in [0.4, 0.5) is 0 Å². The molecule has 0 saturated heterocycles. The molecule has 0 atom stereocenters. The fourth-order valence-corrected chi connectivity index (χ4v) is 3.80. The molecule has 0 amide bonds. The minimum atomic E-state index is 0.425. The molecule has 1 aromatic carbocycles. The summed E-state index contributed by atoms with van der Waals surface area (Å²) >= 11 is 5.20. The Morgan fingerprint density at radius 1 is 1.29 bits per heavy atom. The Morgan fingerprint density at radius 3 is 2.89 bits per heavy atom. The largest absolute Gasteiger partial charge is 0.493 e. The van der Waals surface area contributed by atoms with Gasteiger partial charge in [-0.3, -0.25) is 4.98 Å². The van der Waals surface area contributed by atoms with Gasteiger partial charge in [-0.2, -0.15) is 0 Å². The standard InChI is InChI=1S/C18H21BrN6O2S/c1-25-18(22-23-24-25)28-7-6-21-11-14-8-15(19)17(16(9-14)26-2)27-12-13-4-3-5-20-10-13/h3-5,8-10,21H,6-7,11-12H2,1-2H3. The van der Waals surface area contributed by atoms with Crippen LogP contribution in [0.1, 0.15) is 11.1 Å². The lowest BCUT2D eigenvalue weighted by Gasteiger charge is -2.15. The summed E-state index contributed by atoms with van der Waals surface area (Å²) in [5, 5.41) is 15.6. The number of aromatic nitrogens is 5. The Kier molecular flexibility index (Phi) is 7.63. The highest BCUT2D eigenvalue weighted by Gasteiger charge is 2.12. The summed E-state index contributed by atoms with van der Waals surface area (Å²) in [7, 11) is 3.47. The first-order valence-corrected chi connectivity index (χ1v) is 10.4. The fraction of sp³-hybridized carbons (Fsp3) is 0.333. The lowest BCUT2D eigenvalue weighted by atomic mass is 10.2. The van der Waals surface area contributed by atoms with E-state index in [-0.39, 0.29) is 0 Å². The summed E-state index contributed by atoms with van der Waals surface area (Å²) in [4.78, 5) is 4.10. The lowest BCUT2D eigenvalue weighted by molar-refractivity contribution is 0.282. The number of hydrogen-bond acceptors (Lipinski definition) is 8. The lowest BCUT2D eigenvalue weighted by Crippen LogP contribution is -2.17. The van der Waals surface area contributed by atoms with Crippen molar-refractivity contribution in [1.29, 1.82) is 0 Å². The van der Waals surface area contributed by atoms with Crippen LogP contribution in [0.15, 0.2) is 46.3 Å². The van der Waals surface area contributed by atoms with E-state index in [1.165, 1.54) is 0 Å². The number of ether oxygens (including phenoxy) is 2. The molecule has 2 heterocycles. The van der Waals surface area contributed by atoms with Gasteiger partial charge in [-0.25, -0.2) is 4.68 Å². The molecule has 1 N–H and O–H groups in total. The number of pyridine rings is 1. The van der Waals surface area contributed by atoms with Crippen LogP contribution in [-0.4, -0.2) is 44.6 Å². The molecule has 0 aliphatic carbocycles. The van der Waals surface area contributed by atoms with Gasteiger partial charge in [0.15, 0.2) is 11.5 Å². The monoisotopic (exact) mass is 464 g/mol. The van der Waals surface area contributed by atoms with Crippen LogP contribution >= 0.6 is 27.7 Å². The van der Waals surface area contributed by atoms with Crippen molar-refractivity contribution >= 4 is 27.7 Å². The zero-order valence-electron chi connectivity index (χ0n) is 15.6. The number of thioether (sulfide) groups is 1. The molecule has 0 aliphatic rings. The van der Waals surface area contributed by atoms with Crippen LogP contribution in [0.3, 0.4) is 0 Å². The van der Waals surface area contributed by atoms with Crippen molar-refractivity contribution in [2.45, 2.75) is 18.3 Å². The van der Waals surface area contributed by atoms with Crippen LogP contribution in [-0.2, 0) is 20.2 Å². The molecule has 148 valence electrons. The quantitative estimate of drug-likeness (QED) is 0.362. The normalized spacial score (nSPS) is 10.8. The maximum absolute atomic E-state index is 5.94. The Labute approximate surface area is 176 Å². The molecule has 0 unspecified atom stereocenters. The minimum absolute atomic E-state index is 0.425. The van der Waals surface area contributed by atoms with Gasteiger partial charge in [0.1, 0.15) is 6.61 Å². The molecule has 0 aliphatic heterocycles. The fourth-order valence-electron chi connectivity index (χ4n) is 2.45. The predicted molar refractivity (Wildman–Crippen MR) is 110 cm³/mol. The molecular formula is C18H21BrN6O2S. The van der Waals surface area contributed by atoms with E-state index in [2.05, 4.69) is 41.8 Å². The topological polar surface area (TPSA) is 87.0 Å². The molecule has 28 heavy (non-hydrogen) atoms. The first-order chi connectivity index (χ1) is 13.7. The van der Waals surface area contributed by atoms with Gasteiger partial charge in [-0.1, -0.05) is 17.8 Å². The Bertz CT molecular complexity index is 893. The van der Waals surface area contributed by atoms with E-state index in [4.69, 9.17) is 9.47 Å². The SMILES string of the molecule is COc1cc(CNCCSc2nnnn2C)cc(Br)c1OCc1cccnc1. The second-order valence-electron chi connectivity index (χ2n) is 5.87. The summed E-state index contributed by atoms with van der Waals surface area (Å²) in [5.74, 6) is 2.24. The number of methoxy groups -OCH3 is 1. The average molecular weight is 465 g/mol. The van der Waals surface area contributed by atoms with Gasteiger partial charge in [-0.15, -0.1) is 5.10 Å². The van der Waals surface area contributed by atoms with Gasteiger partial charge in [-0.05, 0) is 50.1 Å². The van der Waals surface area contributed by atoms with Crippen molar-refractivity contribution in [3.8, 4) is 11.5 Å². The average Bonchev–Trinajstić information content (AvgIpc) is 3.12.